The number of benzene rings is 2. The van der Waals surface area contributed by atoms with Crippen molar-refractivity contribution in [2.75, 3.05) is 9.44 Å². The van der Waals surface area contributed by atoms with Gasteiger partial charge in [0.05, 0.1) is 0 Å². The van der Waals surface area contributed by atoms with E-state index >= 15 is 0 Å². The summed E-state index contributed by atoms with van der Waals surface area (Å²) in [5.74, 6) is -4.32. The summed E-state index contributed by atoms with van der Waals surface area (Å²) in [5.41, 5.74) is -9.98. The second-order valence-electron chi connectivity index (χ2n) is 6.37. The van der Waals surface area contributed by atoms with Crippen LogP contribution >= 0.6 is 23.9 Å². The standard InChI is InChI=1S/2C7H3F5NS.2C5H5.Ti/c2*8-4-1-2-6(5(9)3-4)13-14-7(10,11)12;2*1-2-4-5-3-1;/h2*1-2,13H;2*1-3H,4H2;/q4*-1;+4. The molecule has 2 N–H and O–H groups in total. The second-order valence-corrected chi connectivity index (χ2v) is 8.12. The molecule has 0 heterocycles. The van der Waals surface area contributed by atoms with E-state index < -0.39 is 69.6 Å². The molecule has 0 saturated heterocycles. The molecule has 2 aliphatic rings. The molecule has 208 valence electrons. The monoisotopic (exact) mass is 634 g/mol. The fourth-order valence-electron chi connectivity index (χ4n) is 1.95. The maximum absolute atomic E-state index is 12.7. The summed E-state index contributed by atoms with van der Waals surface area (Å²) in [5, 5.41) is 0. The van der Waals surface area contributed by atoms with Gasteiger partial charge in [-0.1, -0.05) is 0 Å². The second kappa shape index (κ2) is 18.9. The van der Waals surface area contributed by atoms with Crippen molar-refractivity contribution in [2.45, 2.75) is 23.9 Å². The average Bonchev–Trinajstić information content (AvgIpc) is 3.56. The first-order valence-electron chi connectivity index (χ1n) is 9.96. The van der Waals surface area contributed by atoms with E-state index in [0.29, 0.717) is 0 Å². The zero-order chi connectivity index (χ0) is 28.6. The largest absolute Gasteiger partial charge is 4.00 e. The number of anilines is 2. The van der Waals surface area contributed by atoms with Crippen molar-refractivity contribution in [3.63, 3.8) is 0 Å². The first kappa shape index (κ1) is 36.7. The molecule has 0 atom stereocenters. The van der Waals surface area contributed by atoms with Gasteiger partial charge in [0.1, 0.15) is 0 Å². The number of halogens is 10. The molecule has 0 saturated carbocycles. The van der Waals surface area contributed by atoms with Gasteiger partial charge in [-0.25, -0.2) is 41.9 Å². The van der Waals surface area contributed by atoms with Crippen LogP contribution in [0.3, 0.4) is 0 Å². The summed E-state index contributed by atoms with van der Waals surface area (Å²) in [6.07, 6.45) is 20.0. The average molecular weight is 634 g/mol. The minimum Gasteiger partial charge on any atom is -0.373 e. The Morgan fingerprint density at radius 1 is 0.615 bits per heavy atom. The SMILES string of the molecule is Fc1[c-]c(F)c(NSC(F)(F)F)cc1.Fc1[c-]c(F)c(NSC(F)(F)F)cc1.[C-]1=CC=CC1.[C-]1=CC=CC1.[Ti+4]. The Morgan fingerprint density at radius 3 is 1.18 bits per heavy atom. The Balaban J connectivity index is 0.000000537. The Morgan fingerprint density at radius 2 is 0.974 bits per heavy atom. The number of allylic oxidation sites excluding steroid dienone is 8. The molecule has 0 amide bonds. The van der Waals surface area contributed by atoms with Gasteiger partial charge >= 0.3 is 32.7 Å². The molecule has 0 radical (unpaired) electrons. The topological polar surface area (TPSA) is 24.1 Å². The molecule has 2 aromatic rings. The van der Waals surface area contributed by atoms with Crippen molar-refractivity contribution in [2.24, 2.45) is 0 Å². The van der Waals surface area contributed by atoms with E-state index in [1.165, 1.54) is 0 Å². The molecule has 0 bridgehead atoms. The van der Waals surface area contributed by atoms with E-state index in [4.69, 9.17) is 0 Å². The quantitative estimate of drug-likeness (QED) is 0.152. The molecule has 15 heteroatoms. The first-order valence-corrected chi connectivity index (χ1v) is 11.6. The van der Waals surface area contributed by atoms with Crippen LogP contribution in [0, 0.1) is 47.6 Å². The van der Waals surface area contributed by atoms with Crippen LogP contribution in [-0.4, -0.2) is 11.0 Å². The first-order chi connectivity index (χ1) is 17.8. The third kappa shape index (κ3) is 19.4. The summed E-state index contributed by atoms with van der Waals surface area (Å²) in [6, 6.07) is 6.53. The molecular formula is C24H16F10N2S2Ti. The van der Waals surface area contributed by atoms with Crippen LogP contribution in [0.5, 0.6) is 0 Å². The van der Waals surface area contributed by atoms with E-state index in [1.807, 2.05) is 24.3 Å². The summed E-state index contributed by atoms with van der Waals surface area (Å²) < 4.78 is 123. The molecule has 0 aliphatic heterocycles. The zero-order valence-corrected chi connectivity index (χ0v) is 22.5. The molecule has 2 aliphatic carbocycles. The van der Waals surface area contributed by atoms with Gasteiger partial charge in [-0.2, -0.15) is 38.5 Å². The fourth-order valence-corrected chi connectivity index (χ4v) is 2.72. The van der Waals surface area contributed by atoms with Gasteiger partial charge in [0, 0.05) is 47.2 Å². The normalized spacial score (nSPS) is 12.8. The Kier molecular flexibility index (Phi) is 17.8. The van der Waals surface area contributed by atoms with Crippen molar-refractivity contribution in [1.82, 2.24) is 0 Å². The van der Waals surface area contributed by atoms with Crippen molar-refractivity contribution in [3.05, 3.63) is 108 Å². The number of hydrogen-bond donors (Lipinski definition) is 2. The van der Waals surface area contributed by atoms with Gasteiger partial charge in [0.2, 0.25) is 0 Å². The molecular weight excluding hydrogens is 618 g/mol. The van der Waals surface area contributed by atoms with Crippen molar-refractivity contribution in [1.29, 1.82) is 0 Å². The molecule has 39 heavy (non-hydrogen) atoms. The Labute approximate surface area is 241 Å². The van der Waals surface area contributed by atoms with E-state index in [0.717, 1.165) is 37.1 Å². The van der Waals surface area contributed by atoms with Crippen LogP contribution < -0.4 is 9.44 Å². The van der Waals surface area contributed by atoms with E-state index in [-0.39, 0.29) is 21.7 Å². The third-order valence-electron chi connectivity index (χ3n) is 3.45. The predicted molar refractivity (Wildman–Crippen MR) is 128 cm³/mol. The summed E-state index contributed by atoms with van der Waals surface area (Å²) in [6.45, 7) is 0. The van der Waals surface area contributed by atoms with Gasteiger partial charge in [0.25, 0.3) is 0 Å². The van der Waals surface area contributed by atoms with Gasteiger partial charge < -0.3 is 9.44 Å². The van der Waals surface area contributed by atoms with Gasteiger partial charge in [0.15, 0.2) is 0 Å². The summed E-state index contributed by atoms with van der Waals surface area (Å²) in [7, 11) is 0. The van der Waals surface area contributed by atoms with E-state index in [1.54, 1.807) is 21.6 Å². The third-order valence-corrected chi connectivity index (χ3v) is 4.56. The minimum absolute atomic E-state index is 0. The van der Waals surface area contributed by atoms with Crippen LogP contribution in [0.1, 0.15) is 12.8 Å². The van der Waals surface area contributed by atoms with Crippen molar-refractivity contribution >= 4 is 35.3 Å². The van der Waals surface area contributed by atoms with Crippen LogP contribution in [0.15, 0.2) is 60.7 Å². The number of rotatable bonds is 4. The van der Waals surface area contributed by atoms with E-state index in [9.17, 15) is 43.9 Å². The van der Waals surface area contributed by atoms with Gasteiger partial charge in [-0.3, -0.25) is 12.2 Å². The minimum atomic E-state index is -4.53. The smallest absolute Gasteiger partial charge is 0.373 e. The molecule has 0 unspecified atom stereocenters. The maximum atomic E-state index is 12.7. The van der Waals surface area contributed by atoms with Crippen LogP contribution in [0.4, 0.5) is 55.3 Å². The molecule has 4 rings (SSSR count). The number of alkyl halides is 6. The molecule has 2 nitrogen and oxygen atoms in total. The number of nitrogens with one attached hydrogen (secondary N) is 2. The van der Waals surface area contributed by atoms with Crippen molar-refractivity contribution < 1.29 is 65.6 Å². The van der Waals surface area contributed by atoms with Gasteiger partial charge in [-0.15, -0.1) is 49.2 Å². The summed E-state index contributed by atoms with van der Waals surface area (Å²) >= 11 is -1.25. The van der Waals surface area contributed by atoms with Crippen LogP contribution in [-0.2, 0) is 21.7 Å². The predicted octanol–water partition coefficient (Wildman–Crippen LogP) is 9.30. The Bertz CT molecular complexity index is 1010. The zero-order valence-electron chi connectivity index (χ0n) is 19.3. The molecule has 2 aromatic carbocycles. The summed E-state index contributed by atoms with van der Waals surface area (Å²) in [4.78, 5) is 0. The van der Waals surface area contributed by atoms with Gasteiger partial charge in [-0.05, 0) is 11.4 Å². The molecule has 0 fully saturated rings. The molecule has 0 aromatic heterocycles. The Hall–Kier alpha value is -2.29. The maximum Gasteiger partial charge on any atom is 4.00 e. The van der Waals surface area contributed by atoms with Crippen LogP contribution in [0.25, 0.3) is 0 Å². The molecule has 0 spiro atoms. The number of hydrogen-bond acceptors (Lipinski definition) is 4. The fraction of sp³-hybridized carbons (Fsp3) is 0.167. The van der Waals surface area contributed by atoms with E-state index in [2.05, 4.69) is 24.3 Å². The van der Waals surface area contributed by atoms with Crippen molar-refractivity contribution in [3.8, 4) is 0 Å². The van der Waals surface area contributed by atoms with Crippen LogP contribution in [0.2, 0.25) is 0 Å².